The van der Waals surface area contributed by atoms with Crippen LogP contribution in [0.4, 0.5) is 5.69 Å². The first kappa shape index (κ1) is 18.8. The summed E-state index contributed by atoms with van der Waals surface area (Å²) in [6.07, 6.45) is -0.330. The van der Waals surface area contributed by atoms with Crippen molar-refractivity contribution in [3.8, 4) is 6.07 Å². The Kier molecular flexibility index (Phi) is 6.42. The SMILES string of the molecule is C[C@H](OC(=O)c1ccc2c(c1)NC(=O)CCS2)C(=O)N(C)CCC#N. The summed E-state index contributed by atoms with van der Waals surface area (Å²) < 4.78 is 5.22. The summed E-state index contributed by atoms with van der Waals surface area (Å²) in [6.45, 7) is 1.77. The highest BCUT2D eigenvalue weighted by Gasteiger charge is 2.23. The highest BCUT2D eigenvalue weighted by Crippen LogP contribution is 2.31. The van der Waals surface area contributed by atoms with Crippen molar-refractivity contribution in [2.75, 3.05) is 24.7 Å². The van der Waals surface area contributed by atoms with Crippen LogP contribution in [-0.2, 0) is 14.3 Å². The third kappa shape index (κ3) is 4.97. The number of benzene rings is 1. The molecule has 7 nitrogen and oxygen atoms in total. The number of nitrogens with zero attached hydrogens (tertiary/aromatic N) is 2. The average Bonchev–Trinajstić information content (AvgIpc) is 2.78. The Balaban J connectivity index is 2.04. The van der Waals surface area contributed by atoms with E-state index in [1.807, 2.05) is 6.07 Å². The van der Waals surface area contributed by atoms with Crippen LogP contribution in [0.2, 0.25) is 0 Å². The van der Waals surface area contributed by atoms with Crippen molar-refractivity contribution in [1.29, 1.82) is 5.26 Å². The van der Waals surface area contributed by atoms with Gasteiger partial charge in [-0.3, -0.25) is 9.59 Å². The number of anilines is 1. The maximum atomic E-state index is 12.3. The van der Waals surface area contributed by atoms with Gasteiger partial charge in [-0.05, 0) is 25.1 Å². The third-order valence-electron chi connectivity index (χ3n) is 3.64. The molecule has 25 heavy (non-hydrogen) atoms. The Labute approximate surface area is 150 Å². The molecular weight excluding hydrogens is 342 g/mol. The Morgan fingerprint density at radius 1 is 1.48 bits per heavy atom. The molecule has 132 valence electrons. The zero-order chi connectivity index (χ0) is 18.4. The number of hydrogen-bond acceptors (Lipinski definition) is 6. The fourth-order valence-corrected chi connectivity index (χ4v) is 3.20. The second kappa shape index (κ2) is 8.53. The van der Waals surface area contributed by atoms with Crippen LogP contribution >= 0.6 is 11.8 Å². The minimum Gasteiger partial charge on any atom is -0.449 e. The van der Waals surface area contributed by atoms with E-state index in [0.29, 0.717) is 17.9 Å². The monoisotopic (exact) mass is 361 g/mol. The summed E-state index contributed by atoms with van der Waals surface area (Å²) in [5.41, 5.74) is 0.841. The van der Waals surface area contributed by atoms with Gasteiger partial charge in [0.25, 0.3) is 5.91 Å². The fourth-order valence-electron chi connectivity index (χ4n) is 2.26. The molecule has 1 atom stereocenters. The number of ether oxygens (including phenoxy) is 1. The summed E-state index contributed by atoms with van der Waals surface area (Å²) in [7, 11) is 1.55. The summed E-state index contributed by atoms with van der Waals surface area (Å²) in [5.74, 6) is -0.425. The lowest BCUT2D eigenvalue weighted by atomic mass is 10.2. The molecule has 2 rings (SSSR count). The lowest BCUT2D eigenvalue weighted by Gasteiger charge is -2.20. The molecule has 0 aliphatic carbocycles. The first-order valence-electron chi connectivity index (χ1n) is 7.82. The molecule has 0 fully saturated rings. The maximum absolute atomic E-state index is 12.3. The molecule has 1 aliphatic heterocycles. The number of thioether (sulfide) groups is 1. The Morgan fingerprint density at radius 2 is 2.24 bits per heavy atom. The zero-order valence-electron chi connectivity index (χ0n) is 14.1. The van der Waals surface area contributed by atoms with Crippen molar-refractivity contribution in [3.63, 3.8) is 0 Å². The molecule has 0 saturated heterocycles. The zero-order valence-corrected chi connectivity index (χ0v) is 14.9. The molecule has 0 spiro atoms. The fraction of sp³-hybridized carbons (Fsp3) is 0.412. The number of carbonyl (C=O) groups excluding carboxylic acids is 3. The Morgan fingerprint density at radius 3 is 2.96 bits per heavy atom. The molecule has 0 radical (unpaired) electrons. The Hall–Kier alpha value is -2.53. The topological polar surface area (TPSA) is 99.5 Å². The van der Waals surface area contributed by atoms with Crippen molar-refractivity contribution in [3.05, 3.63) is 23.8 Å². The first-order chi connectivity index (χ1) is 11.9. The number of carbonyl (C=O) groups is 3. The summed E-state index contributed by atoms with van der Waals surface area (Å²) in [4.78, 5) is 38.3. The molecule has 1 aromatic rings. The van der Waals surface area contributed by atoms with Crippen LogP contribution in [0.1, 0.15) is 30.1 Å². The van der Waals surface area contributed by atoms with E-state index in [2.05, 4.69) is 5.32 Å². The van der Waals surface area contributed by atoms with Gasteiger partial charge in [-0.15, -0.1) is 11.8 Å². The Bertz CT molecular complexity index is 729. The van der Waals surface area contributed by atoms with E-state index in [9.17, 15) is 14.4 Å². The van der Waals surface area contributed by atoms with Crippen molar-refractivity contribution in [2.45, 2.75) is 30.8 Å². The van der Waals surface area contributed by atoms with Gasteiger partial charge in [0.1, 0.15) is 0 Å². The number of likely N-dealkylation sites (N-methyl/N-ethyl adjacent to an activating group) is 1. The molecule has 8 heteroatoms. The van der Waals surface area contributed by atoms with Gasteiger partial charge in [0.05, 0.1) is 23.7 Å². The maximum Gasteiger partial charge on any atom is 0.338 e. The van der Waals surface area contributed by atoms with E-state index >= 15 is 0 Å². The number of nitrogens with one attached hydrogen (secondary N) is 1. The van der Waals surface area contributed by atoms with Crippen LogP contribution in [0.15, 0.2) is 23.1 Å². The minimum atomic E-state index is -0.959. The molecule has 0 bridgehead atoms. The minimum absolute atomic E-state index is 0.0977. The molecule has 2 amide bonds. The summed E-state index contributed by atoms with van der Waals surface area (Å²) >= 11 is 1.54. The van der Waals surface area contributed by atoms with E-state index in [0.717, 1.165) is 4.90 Å². The smallest absolute Gasteiger partial charge is 0.338 e. The highest BCUT2D eigenvalue weighted by molar-refractivity contribution is 7.99. The molecule has 0 saturated carbocycles. The third-order valence-corrected chi connectivity index (χ3v) is 4.72. The van der Waals surface area contributed by atoms with Gasteiger partial charge in [0.2, 0.25) is 5.91 Å². The van der Waals surface area contributed by atoms with Crippen LogP contribution in [0.3, 0.4) is 0 Å². The standard InChI is InChI=1S/C17H19N3O4S/c1-11(16(22)20(2)8-3-7-18)24-17(23)12-4-5-14-13(10-12)19-15(21)6-9-25-14/h4-5,10-11H,3,6,8-9H2,1-2H3,(H,19,21)/t11-/m0/s1. The molecular formula is C17H19N3O4S. The van der Waals surface area contributed by atoms with Crippen LogP contribution < -0.4 is 5.32 Å². The van der Waals surface area contributed by atoms with Crippen molar-refractivity contribution < 1.29 is 19.1 Å². The van der Waals surface area contributed by atoms with Crippen molar-refractivity contribution in [1.82, 2.24) is 4.90 Å². The van der Waals surface area contributed by atoms with Crippen LogP contribution in [-0.4, -0.2) is 48.1 Å². The summed E-state index contributed by atoms with van der Waals surface area (Å²) in [6, 6.07) is 6.89. The van der Waals surface area contributed by atoms with Crippen LogP contribution in [0.5, 0.6) is 0 Å². The van der Waals surface area contributed by atoms with Gasteiger partial charge in [0.15, 0.2) is 6.10 Å². The number of fused-ring (bicyclic) bond motifs is 1. The molecule has 1 heterocycles. The normalized spacial score (nSPS) is 14.4. The van der Waals surface area contributed by atoms with E-state index in [1.54, 1.807) is 37.0 Å². The lowest BCUT2D eigenvalue weighted by molar-refractivity contribution is -0.138. The second-order valence-electron chi connectivity index (χ2n) is 5.57. The highest BCUT2D eigenvalue weighted by atomic mass is 32.2. The second-order valence-corrected chi connectivity index (χ2v) is 6.71. The van der Waals surface area contributed by atoms with E-state index in [-0.39, 0.29) is 30.3 Å². The van der Waals surface area contributed by atoms with Crippen molar-refractivity contribution >= 4 is 35.2 Å². The van der Waals surface area contributed by atoms with Gasteiger partial charge >= 0.3 is 5.97 Å². The predicted molar refractivity (Wildman–Crippen MR) is 93.2 cm³/mol. The largest absolute Gasteiger partial charge is 0.449 e. The van der Waals surface area contributed by atoms with Gasteiger partial charge in [-0.1, -0.05) is 0 Å². The van der Waals surface area contributed by atoms with Crippen LogP contribution in [0, 0.1) is 11.3 Å². The van der Waals surface area contributed by atoms with E-state index in [4.69, 9.17) is 10.00 Å². The van der Waals surface area contributed by atoms with Gasteiger partial charge in [0, 0.05) is 30.7 Å². The van der Waals surface area contributed by atoms with E-state index in [1.165, 1.54) is 11.8 Å². The lowest BCUT2D eigenvalue weighted by Crippen LogP contribution is -2.37. The van der Waals surface area contributed by atoms with Gasteiger partial charge in [-0.2, -0.15) is 5.26 Å². The number of rotatable bonds is 5. The van der Waals surface area contributed by atoms with Crippen molar-refractivity contribution in [2.24, 2.45) is 0 Å². The number of esters is 1. The number of hydrogen-bond donors (Lipinski definition) is 1. The predicted octanol–water partition coefficient (Wildman–Crippen LogP) is 2.04. The summed E-state index contributed by atoms with van der Waals surface area (Å²) in [5, 5.41) is 11.3. The van der Waals surface area contributed by atoms with E-state index < -0.39 is 12.1 Å². The first-order valence-corrected chi connectivity index (χ1v) is 8.80. The number of nitriles is 1. The molecule has 0 unspecified atom stereocenters. The molecule has 1 aliphatic rings. The van der Waals surface area contributed by atoms with Gasteiger partial charge in [-0.25, -0.2) is 4.79 Å². The quantitative estimate of drug-likeness (QED) is 0.806. The van der Waals surface area contributed by atoms with Crippen LogP contribution in [0.25, 0.3) is 0 Å². The molecule has 0 aromatic heterocycles. The van der Waals surface area contributed by atoms with Gasteiger partial charge < -0.3 is 15.0 Å². The molecule has 1 aromatic carbocycles. The molecule has 1 N–H and O–H groups in total. The average molecular weight is 361 g/mol. The number of amides is 2.